The zero-order chi connectivity index (χ0) is 41.8. The summed E-state index contributed by atoms with van der Waals surface area (Å²) in [4.78, 5) is 23.8. The van der Waals surface area contributed by atoms with Gasteiger partial charge in [0, 0.05) is 44.3 Å². The Labute approximate surface area is 310 Å². The highest BCUT2D eigenvalue weighted by atomic mass is 19.2. The van der Waals surface area contributed by atoms with Gasteiger partial charge in [0.05, 0.1) is 39.1 Å². The molecule has 5 nitrogen and oxygen atoms in total. The summed E-state index contributed by atoms with van der Waals surface area (Å²) in [5.74, 6) is -37.3. The number of carbonyl (C=O) groups excluding carboxylic acids is 1. The summed E-state index contributed by atoms with van der Waals surface area (Å²) in [6.45, 7) is 0. The van der Waals surface area contributed by atoms with Gasteiger partial charge in [0.25, 0.3) is 0 Å². The molecular formula is C38H11F15N4O. The van der Waals surface area contributed by atoms with Crippen molar-refractivity contribution in [3.63, 3.8) is 0 Å². The Kier molecular flexibility index (Phi) is 8.70. The lowest BCUT2D eigenvalue weighted by molar-refractivity contribution is 0.112. The largest absolute Gasteiger partial charge is 0.354 e. The zero-order valence-corrected chi connectivity index (χ0v) is 27.6. The Hall–Kier alpha value is -6.99. The van der Waals surface area contributed by atoms with Gasteiger partial charge in [-0.05, 0) is 42.5 Å². The number of fused-ring (bicyclic) bond motifs is 9. The number of aromatic nitrogens is 4. The molecule has 294 valence electrons. The Morgan fingerprint density at radius 1 is 0.362 bits per heavy atom. The smallest absolute Gasteiger partial charge is 0.200 e. The lowest BCUT2D eigenvalue weighted by Crippen LogP contribution is -2.05. The first-order chi connectivity index (χ1) is 27.5. The molecule has 3 aromatic carbocycles. The summed E-state index contributed by atoms with van der Waals surface area (Å²) in [7, 11) is 0. The fraction of sp³-hybridized carbons (Fsp3) is 0. The molecule has 0 saturated carbocycles. The summed E-state index contributed by atoms with van der Waals surface area (Å²) < 4.78 is 224. The van der Waals surface area contributed by atoms with Gasteiger partial charge in [0.2, 0.25) is 17.5 Å². The number of aromatic amines is 3. The molecule has 0 aliphatic carbocycles. The van der Waals surface area contributed by atoms with E-state index in [1.807, 2.05) is 0 Å². The van der Waals surface area contributed by atoms with Gasteiger partial charge in [0.15, 0.2) is 76.1 Å². The molecular weight excluding hydrogens is 813 g/mol. The molecule has 3 N–H and O–H groups in total. The van der Waals surface area contributed by atoms with E-state index in [0.717, 1.165) is 42.5 Å². The second-order valence-electron chi connectivity index (χ2n) is 12.4. The van der Waals surface area contributed by atoms with E-state index < -0.39 is 159 Å². The molecule has 0 atom stereocenters. The Morgan fingerprint density at radius 3 is 1.10 bits per heavy atom. The minimum atomic E-state index is -2.62. The van der Waals surface area contributed by atoms with Crippen LogP contribution in [0.25, 0.3) is 78.6 Å². The van der Waals surface area contributed by atoms with Crippen LogP contribution in [0.5, 0.6) is 0 Å². The van der Waals surface area contributed by atoms with E-state index in [1.54, 1.807) is 0 Å². The van der Waals surface area contributed by atoms with Crippen LogP contribution in [0.3, 0.4) is 0 Å². The number of H-pyrrole nitrogens is 3. The Morgan fingerprint density at radius 2 is 0.690 bits per heavy atom. The van der Waals surface area contributed by atoms with Crippen molar-refractivity contribution in [1.29, 1.82) is 0 Å². The summed E-state index contributed by atoms with van der Waals surface area (Å²) in [6.07, 6.45) is 2.02. The van der Waals surface area contributed by atoms with Crippen molar-refractivity contribution in [3.8, 4) is 33.4 Å². The van der Waals surface area contributed by atoms with Crippen molar-refractivity contribution < 1.29 is 70.7 Å². The molecule has 0 radical (unpaired) electrons. The van der Waals surface area contributed by atoms with Gasteiger partial charge in [-0.15, -0.1) is 0 Å². The highest BCUT2D eigenvalue weighted by molar-refractivity contribution is 6.05. The van der Waals surface area contributed by atoms with Gasteiger partial charge in [-0.1, -0.05) is 0 Å². The monoisotopic (exact) mass is 824 g/mol. The van der Waals surface area contributed by atoms with E-state index in [1.165, 1.54) is 0 Å². The van der Waals surface area contributed by atoms with E-state index in [-0.39, 0.29) is 17.5 Å². The van der Waals surface area contributed by atoms with Crippen LogP contribution in [-0.4, -0.2) is 26.2 Å². The van der Waals surface area contributed by atoms with Crippen LogP contribution < -0.4 is 0 Å². The number of benzene rings is 3. The summed E-state index contributed by atoms with van der Waals surface area (Å²) in [5.41, 5.74) is -13.6. The molecule has 5 heterocycles. The molecule has 4 aromatic heterocycles. The van der Waals surface area contributed by atoms with E-state index in [2.05, 4.69) is 19.9 Å². The Bertz CT molecular complexity index is 3080. The average Bonchev–Trinajstić information content (AvgIpc) is 4.05. The van der Waals surface area contributed by atoms with Gasteiger partial charge < -0.3 is 15.0 Å². The highest BCUT2D eigenvalue weighted by Crippen LogP contribution is 2.42. The SMILES string of the molecule is O=Cc1cc2[nH]c1c(-c1c(F)c(F)c(F)c(F)c1F)c1ccc([nH]1)c(-c1c(F)c(F)c(F)c(F)c1F)c1ccc([nH]1)c(-c1c(F)c(F)c(F)c(F)c1F)c1nc2C=C1. The molecule has 0 unspecified atom stereocenters. The lowest BCUT2D eigenvalue weighted by Gasteiger charge is -2.11. The molecule has 0 fully saturated rings. The second kappa shape index (κ2) is 13.3. The van der Waals surface area contributed by atoms with Crippen molar-refractivity contribution in [3.05, 3.63) is 135 Å². The molecule has 0 saturated heterocycles. The molecule has 0 amide bonds. The topological polar surface area (TPSA) is 77.3 Å². The maximum atomic E-state index is 15.6. The van der Waals surface area contributed by atoms with Crippen molar-refractivity contribution in [2.45, 2.75) is 0 Å². The molecule has 1 aliphatic heterocycles. The lowest BCUT2D eigenvalue weighted by atomic mass is 10.0. The van der Waals surface area contributed by atoms with Crippen molar-refractivity contribution >= 4 is 51.5 Å². The van der Waals surface area contributed by atoms with Gasteiger partial charge in [0.1, 0.15) is 0 Å². The quantitative estimate of drug-likeness (QED) is 0.0715. The van der Waals surface area contributed by atoms with E-state index in [4.69, 9.17) is 0 Å². The van der Waals surface area contributed by atoms with E-state index in [9.17, 15) is 44.3 Å². The fourth-order valence-corrected chi connectivity index (χ4v) is 6.62. The van der Waals surface area contributed by atoms with Crippen LogP contribution in [-0.2, 0) is 0 Å². The number of nitrogens with zero attached hydrogens (tertiary/aromatic N) is 1. The number of nitrogens with one attached hydrogen (secondary N) is 3. The molecule has 8 rings (SSSR count). The molecule has 0 spiro atoms. The summed E-state index contributed by atoms with van der Waals surface area (Å²) in [6, 6.07) is 4.14. The third-order valence-corrected chi connectivity index (χ3v) is 9.23. The third-order valence-electron chi connectivity index (χ3n) is 9.23. The van der Waals surface area contributed by atoms with Crippen LogP contribution in [0.2, 0.25) is 0 Å². The van der Waals surface area contributed by atoms with E-state index >= 15 is 26.3 Å². The van der Waals surface area contributed by atoms with Crippen molar-refractivity contribution in [2.75, 3.05) is 0 Å². The summed E-state index contributed by atoms with van der Waals surface area (Å²) >= 11 is 0. The van der Waals surface area contributed by atoms with Crippen LogP contribution in [0, 0.1) is 87.3 Å². The predicted octanol–water partition coefficient (Wildman–Crippen LogP) is 11.6. The number of aldehydes is 1. The van der Waals surface area contributed by atoms with Gasteiger partial charge in [-0.25, -0.2) is 70.8 Å². The fourth-order valence-electron chi connectivity index (χ4n) is 6.62. The molecule has 7 aromatic rings. The first-order valence-electron chi connectivity index (χ1n) is 15.9. The first kappa shape index (κ1) is 37.9. The maximum Gasteiger partial charge on any atom is 0.200 e. The van der Waals surface area contributed by atoms with Gasteiger partial charge in [-0.2, -0.15) is 0 Å². The van der Waals surface area contributed by atoms with Crippen LogP contribution in [0.4, 0.5) is 65.9 Å². The second-order valence-corrected chi connectivity index (χ2v) is 12.4. The normalized spacial score (nSPS) is 12.1. The number of hydrogen-bond donors (Lipinski definition) is 3. The van der Waals surface area contributed by atoms with Crippen LogP contribution >= 0.6 is 0 Å². The zero-order valence-electron chi connectivity index (χ0n) is 27.6. The van der Waals surface area contributed by atoms with Crippen LogP contribution in [0.1, 0.15) is 21.7 Å². The maximum absolute atomic E-state index is 15.6. The first-order valence-corrected chi connectivity index (χ1v) is 15.9. The minimum Gasteiger partial charge on any atom is -0.354 e. The minimum absolute atomic E-state index is 0.0384. The molecule has 1 aliphatic rings. The van der Waals surface area contributed by atoms with Crippen molar-refractivity contribution in [2.24, 2.45) is 0 Å². The van der Waals surface area contributed by atoms with Crippen molar-refractivity contribution in [1.82, 2.24) is 19.9 Å². The predicted molar refractivity (Wildman–Crippen MR) is 176 cm³/mol. The third kappa shape index (κ3) is 5.30. The number of halogens is 15. The van der Waals surface area contributed by atoms with Crippen LogP contribution in [0.15, 0.2) is 30.3 Å². The average molecular weight is 825 g/mol. The van der Waals surface area contributed by atoms with Gasteiger partial charge in [-0.3, -0.25) is 4.79 Å². The van der Waals surface area contributed by atoms with Gasteiger partial charge >= 0.3 is 0 Å². The molecule has 8 bridgehead atoms. The number of carbonyl (C=O) groups is 1. The van der Waals surface area contributed by atoms with E-state index in [0.29, 0.717) is 0 Å². The standard InChI is InChI=1S/C38H11F15N4O/c39-23-20(24(40)30(46)35(51)29(23)45)17-11-2-1-10(54-11)16-7-9(8-58)38(57-16)19(22-27(43)33(49)37(53)34(50)28(22)44)15-6-5-14(56-15)18(13-4-3-12(17)55-13)21-25(41)31(47)36(52)32(48)26(21)42/h1-8,55-57H. The number of rotatable bonds is 4. The molecule has 20 heteroatoms. The Balaban J connectivity index is 1.68. The molecule has 58 heavy (non-hydrogen) atoms. The number of hydrogen-bond acceptors (Lipinski definition) is 2. The summed E-state index contributed by atoms with van der Waals surface area (Å²) in [5, 5.41) is 0. The highest BCUT2D eigenvalue weighted by Gasteiger charge is 2.33.